The van der Waals surface area contributed by atoms with Gasteiger partial charge in [-0.2, -0.15) is 0 Å². The van der Waals surface area contributed by atoms with E-state index in [0.717, 1.165) is 5.56 Å². The van der Waals surface area contributed by atoms with Gasteiger partial charge in [0.1, 0.15) is 0 Å². The lowest BCUT2D eigenvalue weighted by Gasteiger charge is -2.17. The molecular formula is C19H21NO5S. The zero-order valence-electron chi connectivity index (χ0n) is 14.7. The first-order valence-electron chi connectivity index (χ1n) is 8.12. The van der Waals surface area contributed by atoms with Crippen molar-refractivity contribution in [2.45, 2.75) is 18.4 Å². The van der Waals surface area contributed by atoms with E-state index in [1.54, 1.807) is 13.1 Å². The van der Waals surface area contributed by atoms with E-state index in [0.29, 0.717) is 6.54 Å². The maximum Gasteiger partial charge on any atom is 0.339 e. The molecule has 2 aromatic rings. The van der Waals surface area contributed by atoms with Gasteiger partial charge in [0.2, 0.25) is 0 Å². The predicted molar refractivity (Wildman–Crippen MR) is 97.4 cm³/mol. The Labute approximate surface area is 153 Å². The molecule has 0 aliphatic rings. The number of carbonyl (C=O) groups excluding carboxylic acids is 2. The largest absolute Gasteiger partial charge is 0.452 e. The average molecular weight is 375 g/mol. The molecule has 0 saturated carbocycles. The number of carbonyl (C=O) groups is 2. The minimum atomic E-state index is -3.57. The summed E-state index contributed by atoms with van der Waals surface area (Å²) in [7, 11) is -1.96. The summed E-state index contributed by atoms with van der Waals surface area (Å²) in [6.45, 7) is 1.43. The molecule has 0 aliphatic carbocycles. The molecule has 1 amide bonds. The van der Waals surface area contributed by atoms with Crippen LogP contribution in [0.4, 0.5) is 0 Å². The molecule has 6 nitrogen and oxygen atoms in total. The van der Waals surface area contributed by atoms with Crippen molar-refractivity contribution >= 4 is 21.7 Å². The lowest BCUT2D eigenvalue weighted by atomic mass is 10.2. The number of benzene rings is 2. The summed E-state index contributed by atoms with van der Waals surface area (Å²) < 4.78 is 29.2. The molecule has 0 aromatic heterocycles. The van der Waals surface area contributed by atoms with Crippen molar-refractivity contribution in [3.05, 3.63) is 65.7 Å². The van der Waals surface area contributed by atoms with E-state index in [-0.39, 0.29) is 22.1 Å². The summed E-state index contributed by atoms with van der Waals surface area (Å²) in [5.41, 5.74) is 0.891. The third-order valence-corrected chi connectivity index (χ3v) is 5.62. The fraction of sp³-hybridized carbons (Fsp3) is 0.263. The molecule has 2 rings (SSSR count). The molecule has 0 N–H and O–H groups in total. The summed E-state index contributed by atoms with van der Waals surface area (Å²) in [6.07, 6.45) is 0. The summed E-state index contributed by atoms with van der Waals surface area (Å²) in [5.74, 6) is -1.34. The highest BCUT2D eigenvalue weighted by Gasteiger charge is 2.22. The van der Waals surface area contributed by atoms with Crippen LogP contribution in [0.2, 0.25) is 0 Å². The highest BCUT2D eigenvalue weighted by atomic mass is 32.2. The fourth-order valence-electron chi connectivity index (χ4n) is 2.32. The quantitative estimate of drug-likeness (QED) is 0.694. The van der Waals surface area contributed by atoms with Crippen molar-refractivity contribution in [2.24, 2.45) is 0 Å². The van der Waals surface area contributed by atoms with Crippen LogP contribution in [0, 0.1) is 0 Å². The standard InChI is InChI=1S/C19H21NO5S/c1-3-26(23,24)17-12-8-7-11-16(17)19(22)25-14-18(21)20(2)13-15-9-5-4-6-10-15/h4-12H,3,13-14H2,1-2H3. The summed E-state index contributed by atoms with van der Waals surface area (Å²) >= 11 is 0. The van der Waals surface area contributed by atoms with E-state index in [1.807, 2.05) is 30.3 Å². The van der Waals surface area contributed by atoms with Gasteiger partial charge in [0.15, 0.2) is 16.4 Å². The van der Waals surface area contributed by atoms with E-state index < -0.39 is 22.4 Å². The Hall–Kier alpha value is -2.67. The van der Waals surface area contributed by atoms with Crippen LogP contribution in [-0.4, -0.2) is 44.6 Å². The lowest BCUT2D eigenvalue weighted by molar-refractivity contribution is -0.133. The van der Waals surface area contributed by atoms with Gasteiger partial charge >= 0.3 is 5.97 Å². The van der Waals surface area contributed by atoms with Crippen LogP contribution in [0.1, 0.15) is 22.8 Å². The Morgan fingerprint density at radius 2 is 1.62 bits per heavy atom. The molecule has 0 aliphatic heterocycles. The minimum absolute atomic E-state index is 0.0622. The molecule has 2 aromatic carbocycles. The first-order chi connectivity index (χ1) is 12.3. The van der Waals surface area contributed by atoms with Crippen molar-refractivity contribution in [1.82, 2.24) is 4.90 Å². The Morgan fingerprint density at radius 3 is 2.27 bits per heavy atom. The second-order valence-corrected chi connectivity index (χ2v) is 7.96. The molecule has 26 heavy (non-hydrogen) atoms. The summed E-state index contributed by atoms with van der Waals surface area (Å²) in [5, 5.41) is 0. The van der Waals surface area contributed by atoms with Gasteiger partial charge in [0.25, 0.3) is 5.91 Å². The monoisotopic (exact) mass is 375 g/mol. The normalized spacial score (nSPS) is 11.0. The molecule has 0 atom stereocenters. The molecular weight excluding hydrogens is 354 g/mol. The maximum absolute atomic E-state index is 12.3. The van der Waals surface area contributed by atoms with Gasteiger partial charge in [0.05, 0.1) is 16.2 Å². The van der Waals surface area contributed by atoms with Crippen molar-refractivity contribution in [2.75, 3.05) is 19.4 Å². The second kappa shape index (κ2) is 8.62. The summed E-state index contributed by atoms with van der Waals surface area (Å²) in [4.78, 5) is 25.8. The van der Waals surface area contributed by atoms with Crippen LogP contribution in [0.3, 0.4) is 0 Å². The van der Waals surface area contributed by atoms with Crippen LogP contribution in [0.15, 0.2) is 59.5 Å². The van der Waals surface area contributed by atoms with Crippen LogP contribution < -0.4 is 0 Å². The number of hydrogen-bond acceptors (Lipinski definition) is 5. The van der Waals surface area contributed by atoms with Crippen LogP contribution in [0.25, 0.3) is 0 Å². The number of amides is 1. The van der Waals surface area contributed by atoms with Gasteiger partial charge in [-0.05, 0) is 17.7 Å². The number of sulfone groups is 1. The predicted octanol–water partition coefficient (Wildman–Crippen LogP) is 2.30. The van der Waals surface area contributed by atoms with Crippen LogP contribution in [0.5, 0.6) is 0 Å². The highest BCUT2D eigenvalue weighted by molar-refractivity contribution is 7.91. The Kier molecular flexibility index (Phi) is 6.52. The number of likely N-dealkylation sites (N-methyl/N-ethyl adjacent to an activating group) is 1. The molecule has 0 spiro atoms. The molecule has 0 saturated heterocycles. The molecule has 0 unspecified atom stereocenters. The van der Waals surface area contributed by atoms with Crippen molar-refractivity contribution in [3.63, 3.8) is 0 Å². The SMILES string of the molecule is CCS(=O)(=O)c1ccccc1C(=O)OCC(=O)N(C)Cc1ccccc1. The van der Waals surface area contributed by atoms with E-state index in [4.69, 9.17) is 4.74 Å². The number of hydrogen-bond donors (Lipinski definition) is 0. The maximum atomic E-state index is 12.3. The van der Waals surface area contributed by atoms with Gasteiger partial charge in [-0.3, -0.25) is 4.79 Å². The highest BCUT2D eigenvalue weighted by Crippen LogP contribution is 2.18. The number of ether oxygens (including phenoxy) is 1. The zero-order valence-corrected chi connectivity index (χ0v) is 15.5. The number of esters is 1. The Balaban J connectivity index is 2.02. The topological polar surface area (TPSA) is 80.7 Å². The fourth-order valence-corrected chi connectivity index (χ4v) is 3.41. The molecule has 0 heterocycles. The second-order valence-electron chi connectivity index (χ2n) is 5.71. The first kappa shape index (κ1) is 19.7. The minimum Gasteiger partial charge on any atom is -0.452 e. The van der Waals surface area contributed by atoms with Crippen molar-refractivity contribution in [1.29, 1.82) is 0 Å². The van der Waals surface area contributed by atoms with Gasteiger partial charge in [-0.25, -0.2) is 13.2 Å². The average Bonchev–Trinajstić information content (AvgIpc) is 2.66. The first-order valence-corrected chi connectivity index (χ1v) is 9.77. The lowest BCUT2D eigenvalue weighted by Crippen LogP contribution is -2.31. The smallest absolute Gasteiger partial charge is 0.339 e. The molecule has 138 valence electrons. The van der Waals surface area contributed by atoms with E-state index in [1.165, 1.54) is 30.0 Å². The molecule has 0 bridgehead atoms. The number of nitrogens with zero attached hydrogens (tertiary/aromatic N) is 1. The van der Waals surface area contributed by atoms with Crippen LogP contribution >= 0.6 is 0 Å². The summed E-state index contributed by atoms with van der Waals surface area (Å²) in [6, 6.07) is 15.2. The van der Waals surface area contributed by atoms with E-state index in [2.05, 4.69) is 0 Å². The molecule has 0 radical (unpaired) electrons. The third-order valence-electron chi connectivity index (χ3n) is 3.84. The molecule has 7 heteroatoms. The van der Waals surface area contributed by atoms with Gasteiger partial charge in [-0.15, -0.1) is 0 Å². The van der Waals surface area contributed by atoms with Gasteiger partial charge in [-0.1, -0.05) is 49.4 Å². The Morgan fingerprint density at radius 1 is 1.00 bits per heavy atom. The van der Waals surface area contributed by atoms with Crippen molar-refractivity contribution in [3.8, 4) is 0 Å². The van der Waals surface area contributed by atoms with Gasteiger partial charge < -0.3 is 9.64 Å². The van der Waals surface area contributed by atoms with E-state index in [9.17, 15) is 18.0 Å². The zero-order chi connectivity index (χ0) is 19.2. The Bertz CT molecular complexity index is 878. The van der Waals surface area contributed by atoms with Gasteiger partial charge in [0, 0.05) is 13.6 Å². The van der Waals surface area contributed by atoms with Crippen molar-refractivity contribution < 1.29 is 22.7 Å². The third kappa shape index (κ3) is 4.92. The molecule has 0 fully saturated rings. The van der Waals surface area contributed by atoms with Crippen LogP contribution in [-0.2, 0) is 25.9 Å². The van der Waals surface area contributed by atoms with E-state index >= 15 is 0 Å². The number of rotatable bonds is 7.